The van der Waals surface area contributed by atoms with Gasteiger partial charge in [-0.05, 0) is 27.2 Å². The molecule has 4 nitrogen and oxygen atoms in total. The van der Waals surface area contributed by atoms with Crippen LogP contribution < -0.4 is 5.32 Å². The highest BCUT2D eigenvalue weighted by molar-refractivity contribution is 5.68. The number of amides is 1. The zero-order valence-electron chi connectivity index (χ0n) is 14.1. The molecule has 1 N–H and O–H groups in total. The number of nitrogens with one attached hydrogen (secondary N) is 1. The minimum Gasteiger partial charge on any atom is -0.444 e. The first-order chi connectivity index (χ1) is 9.39. The quantitative estimate of drug-likeness (QED) is 0.529. The summed E-state index contributed by atoms with van der Waals surface area (Å²) in [5, 5.41) is 2.76. The van der Waals surface area contributed by atoms with Crippen LogP contribution in [0.3, 0.4) is 0 Å². The molecule has 0 aromatic rings. The number of aldehydes is 1. The summed E-state index contributed by atoms with van der Waals surface area (Å²) in [6.45, 7) is 11.6. The van der Waals surface area contributed by atoms with E-state index in [0.717, 1.165) is 25.5 Å². The Morgan fingerprint density at radius 2 is 1.80 bits per heavy atom. The van der Waals surface area contributed by atoms with E-state index >= 15 is 0 Å². The molecule has 20 heavy (non-hydrogen) atoms. The summed E-state index contributed by atoms with van der Waals surface area (Å²) in [6, 6.07) is -0.103. The van der Waals surface area contributed by atoms with Crippen LogP contribution in [0.15, 0.2) is 0 Å². The Bertz CT molecular complexity index is 247. The summed E-state index contributed by atoms with van der Waals surface area (Å²) < 4.78 is 5.18. The largest absolute Gasteiger partial charge is 0.444 e. The number of hydrogen-bond donors (Lipinski definition) is 1. The Hall–Kier alpha value is -1.06. The highest BCUT2D eigenvalue weighted by atomic mass is 16.6. The van der Waals surface area contributed by atoms with Gasteiger partial charge in [0.05, 0.1) is 0 Å². The van der Waals surface area contributed by atoms with Gasteiger partial charge in [-0.1, -0.05) is 46.5 Å². The van der Waals surface area contributed by atoms with Gasteiger partial charge < -0.3 is 14.8 Å². The molecule has 0 rings (SSSR count). The van der Waals surface area contributed by atoms with Crippen molar-refractivity contribution < 1.29 is 14.3 Å². The molecule has 0 aromatic heterocycles. The van der Waals surface area contributed by atoms with E-state index in [1.165, 1.54) is 12.8 Å². The van der Waals surface area contributed by atoms with E-state index in [0.29, 0.717) is 6.42 Å². The maximum atomic E-state index is 11.6. The summed E-state index contributed by atoms with van der Waals surface area (Å²) in [5.74, 6) is 0. The van der Waals surface area contributed by atoms with E-state index in [9.17, 15) is 9.59 Å². The van der Waals surface area contributed by atoms with E-state index in [4.69, 9.17) is 4.74 Å². The van der Waals surface area contributed by atoms with Crippen LogP contribution in [0.5, 0.6) is 0 Å². The minimum atomic E-state index is -0.502. The van der Waals surface area contributed by atoms with Crippen molar-refractivity contribution in [3.05, 3.63) is 0 Å². The van der Waals surface area contributed by atoms with Crippen LogP contribution in [0.1, 0.15) is 80.1 Å². The minimum absolute atomic E-state index is 0.103. The van der Waals surface area contributed by atoms with Crippen LogP contribution in [0.2, 0.25) is 0 Å². The molecule has 1 atom stereocenters. The molecule has 120 valence electrons. The highest BCUT2D eigenvalue weighted by Crippen LogP contribution is 2.10. The number of rotatable bonds is 8. The maximum Gasteiger partial charge on any atom is 0.407 e. The number of carbonyl (C=O) groups is 2. The Morgan fingerprint density at radius 1 is 1.20 bits per heavy atom. The molecule has 0 aliphatic carbocycles. The van der Waals surface area contributed by atoms with E-state index in [2.05, 4.69) is 12.2 Å². The lowest BCUT2D eigenvalue weighted by Gasteiger charge is -2.22. The topological polar surface area (TPSA) is 55.4 Å². The zero-order valence-corrected chi connectivity index (χ0v) is 14.1. The first kappa shape index (κ1) is 21.2. The number of unbranched alkanes of at least 4 members (excludes halogenated alkanes) is 3. The van der Waals surface area contributed by atoms with Crippen LogP contribution >= 0.6 is 0 Å². The summed E-state index contributed by atoms with van der Waals surface area (Å²) in [4.78, 5) is 22.2. The predicted molar refractivity (Wildman–Crippen MR) is 83.9 cm³/mol. The first-order valence-corrected chi connectivity index (χ1v) is 7.82. The normalized spacial score (nSPS) is 11.9. The van der Waals surface area contributed by atoms with Gasteiger partial charge in [0.2, 0.25) is 0 Å². The van der Waals surface area contributed by atoms with Crippen LogP contribution in [-0.2, 0) is 9.53 Å². The molecule has 0 bridgehead atoms. The van der Waals surface area contributed by atoms with Gasteiger partial charge in [-0.15, -0.1) is 0 Å². The van der Waals surface area contributed by atoms with Gasteiger partial charge in [-0.2, -0.15) is 0 Å². The molecule has 0 aromatic carbocycles. The number of hydrogen-bond acceptors (Lipinski definition) is 3. The van der Waals surface area contributed by atoms with E-state index < -0.39 is 11.7 Å². The maximum absolute atomic E-state index is 11.6. The SMILES string of the molecule is CC.CCCCCCC(CC=O)NC(=O)OC(C)(C)C. The van der Waals surface area contributed by atoms with Gasteiger partial charge in [0.25, 0.3) is 0 Å². The van der Waals surface area contributed by atoms with Crippen molar-refractivity contribution in [2.45, 2.75) is 91.7 Å². The van der Waals surface area contributed by atoms with Gasteiger partial charge >= 0.3 is 6.09 Å². The van der Waals surface area contributed by atoms with Crippen molar-refractivity contribution in [1.29, 1.82) is 0 Å². The van der Waals surface area contributed by atoms with E-state index in [-0.39, 0.29) is 6.04 Å². The molecule has 0 saturated heterocycles. The molecule has 0 saturated carbocycles. The fourth-order valence-electron chi connectivity index (χ4n) is 1.66. The Labute approximate surface area is 124 Å². The average Bonchev–Trinajstić information content (AvgIpc) is 2.35. The predicted octanol–water partition coefficient (Wildman–Crippen LogP) is 4.47. The van der Waals surface area contributed by atoms with Crippen LogP contribution in [0.4, 0.5) is 4.79 Å². The monoisotopic (exact) mass is 287 g/mol. The molecule has 1 unspecified atom stereocenters. The second kappa shape index (κ2) is 12.9. The van der Waals surface area contributed by atoms with Gasteiger partial charge in [0, 0.05) is 12.5 Å². The summed E-state index contributed by atoms with van der Waals surface area (Å²) in [6.07, 6.45) is 6.14. The second-order valence-electron chi connectivity index (χ2n) is 5.59. The second-order valence-corrected chi connectivity index (χ2v) is 5.59. The summed E-state index contributed by atoms with van der Waals surface area (Å²) in [7, 11) is 0. The molecular formula is C16H33NO3. The average molecular weight is 287 g/mol. The molecule has 0 aliphatic rings. The fourth-order valence-corrected chi connectivity index (χ4v) is 1.66. The number of carbonyl (C=O) groups excluding carboxylic acids is 2. The molecule has 0 fully saturated rings. The molecule has 0 aliphatic heterocycles. The third kappa shape index (κ3) is 15.0. The molecule has 0 spiro atoms. The smallest absolute Gasteiger partial charge is 0.407 e. The van der Waals surface area contributed by atoms with Crippen molar-refractivity contribution in [1.82, 2.24) is 5.32 Å². The van der Waals surface area contributed by atoms with Crippen molar-refractivity contribution in [3.8, 4) is 0 Å². The fraction of sp³-hybridized carbons (Fsp3) is 0.875. The first-order valence-electron chi connectivity index (χ1n) is 7.82. The van der Waals surface area contributed by atoms with E-state index in [1.807, 2.05) is 34.6 Å². The van der Waals surface area contributed by atoms with Gasteiger partial charge in [0.15, 0.2) is 0 Å². The van der Waals surface area contributed by atoms with Gasteiger partial charge in [-0.3, -0.25) is 0 Å². The Balaban J connectivity index is 0. The van der Waals surface area contributed by atoms with Crippen molar-refractivity contribution >= 4 is 12.4 Å². The molecule has 4 heteroatoms. The van der Waals surface area contributed by atoms with Crippen LogP contribution in [0, 0.1) is 0 Å². The lowest BCUT2D eigenvalue weighted by molar-refractivity contribution is -0.108. The van der Waals surface area contributed by atoms with Gasteiger partial charge in [-0.25, -0.2) is 4.79 Å². The van der Waals surface area contributed by atoms with E-state index in [1.54, 1.807) is 0 Å². The molecule has 1 amide bonds. The lowest BCUT2D eigenvalue weighted by atomic mass is 10.1. The van der Waals surface area contributed by atoms with Crippen molar-refractivity contribution in [2.24, 2.45) is 0 Å². The molecule has 0 radical (unpaired) electrons. The Morgan fingerprint density at radius 3 is 2.25 bits per heavy atom. The van der Waals surface area contributed by atoms with Crippen molar-refractivity contribution in [2.75, 3.05) is 0 Å². The highest BCUT2D eigenvalue weighted by Gasteiger charge is 2.19. The van der Waals surface area contributed by atoms with Crippen molar-refractivity contribution in [3.63, 3.8) is 0 Å². The molecule has 0 heterocycles. The summed E-state index contributed by atoms with van der Waals surface area (Å²) >= 11 is 0. The molecular weight excluding hydrogens is 254 g/mol. The van der Waals surface area contributed by atoms with Crippen LogP contribution in [-0.4, -0.2) is 24.0 Å². The number of alkyl carbamates (subject to hydrolysis) is 1. The third-order valence-electron chi connectivity index (χ3n) is 2.51. The number of ether oxygens (including phenoxy) is 1. The Kier molecular flexibility index (Phi) is 13.8. The third-order valence-corrected chi connectivity index (χ3v) is 2.51. The standard InChI is InChI=1S/C14H27NO3.C2H6/c1-5-6-7-8-9-12(10-11-16)15-13(17)18-14(2,3)4;1-2/h11-12H,5-10H2,1-4H3,(H,15,17);1-2H3. The zero-order chi connectivity index (χ0) is 16.0. The van der Waals surface area contributed by atoms with Gasteiger partial charge in [0.1, 0.15) is 11.9 Å². The lowest BCUT2D eigenvalue weighted by Crippen LogP contribution is -2.39. The summed E-state index contributed by atoms with van der Waals surface area (Å²) in [5.41, 5.74) is -0.502. The van der Waals surface area contributed by atoms with Crippen LogP contribution in [0.25, 0.3) is 0 Å².